The van der Waals surface area contributed by atoms with Gasteiger partial charge in [-0.05, 0) is 31.0 Å². The lowest BCUT2D eigenvalue weighted by molar-refractivity contribution is 0.0918. The molecule has 0 fully saturated rings. The largest absolute Gasteiger partial charge is 0.507 e. The molecule has 1 aromatic carbocycles. The fourth-order valence-corrected chi connectivity index (χ4v) is 1.75. The van der Waals surface area contributed by atoms with Gasteiger partial charge in [0.05, 0.1) is 0 Å². The van der Waals surface area contributed by atoms with E-state index in [-0.39, 0.29) is 29.0 Å². The van der Waals surface area contributed by atoms with Gasteiger partial charge < -0.3 is 21.3 Å². The van der Waals surface area contributed by atoms with Crippen molar-refractivity contribution in [2.75, 3.05) is 6.54 Å². The van der Waals surface area contributed by atoms with Crippen LogP contribution in [0.1, 0.15) is 30.6 Å². The van der Waals surface area contributed by atoms with Gasteiger partial charge in [-0.15, -0.1) is 0 Å². The minimum absolute atomic E-state index is 0.0819. The van der Waals surface area contributed by atoms with Crippen LogP contribution < -0.4 is 11.1 Å². The number of phenols is 2. The van der Waals surface area contributed by atoms with Gasteiger partial charge in [0.25, 0.3) is 5.91 Å². The average Bonchev–Trinajstić information content (AvgIpc) is 2.28. The Morgan fingerprint density at radius 2 is 1.89 bits per heavy atom. The Hall–Kier alpha value is -1.75. The Morgan fingerprint density at radius 1 is 1.33 bits per heavy atom. The summed E-state index contributed by atoms with van der Waals surface area (Å²) in [6.45, 7) is 4.42. The third-order valence-corrected chi connectivity index (χ3v) is 2.85. The monoisotopic (exact) mass is 252 g/mol. The van der Waals surface area contributed by atoms with E-state index < -0.39 is 5.91 Å². The molecule has 0 heterocycles. The number of amides is 1. The van der Waals surface area contributed by atoms with Crippen LogP contribution in [0.5, 0.6) is 11.5 Å². The van der Waals surface area contributed by atoms with Crippen LogP contribution in [-0.4, -0.2) is 28.7 Å². The molecule has 0 spiro atoms. The quantitative estimate of drug-likeness (QED) is 0.633. The summed E-state index contributed by atoms with van der Waals surface area (Å²) >= 11 is 0. The minimum Gasteiger partial charge on any atom is -0.507 e. The van der Waals surface area contributed by atoms with Gasteiger partial charge in [0.1, 0.15) is 17.1 Å². The Bertz CT molecular complexity index is 398. The fourth-order valence-electron chi connectivity index (χ4n) is 1.75. The van der Waals surface area contributed by atoms with E-state index >= 15 is 0 Å². The predicted octanol–water partition coefficient (Wildman–Crippen LogP) is 1.20. The second-order valence-electron chi connectivity index (χ2n) is 4.57. The highest BCUT2D eigenvalue weighted by atomic mass is 16.3. The van der Waals surface area contributed by atoms with Crippen LogP contribution in [0.4, 0.5) is 0 Å². The minimum atomic E-state index is -0.488. The number of benzene rings is 1. The lowest BCUT2D eigenvalue weighted by Gasteiger charge is -2.22. The van der Waals surface area contributed by atoms with Crippen molar-refractivity contribution in [1.29, 1.82) is 0 Å². The lowest BCUT2D eigenvalue weighted by atomic mass is 10.0. The van der Waals surface area contributed by atoms with E-state index in [1.165, 1.54) is 18.2 Å². The number of carbonyl (C=O) groups excluding carboxylic acids is 1. The smallest absolute Gasteiger partial charge is 0.259 e. The maximum Gasteiger partial charge on any atom is 0.259 e. The van der Waals surface area contributed by atoms with Gasteiger partial charge in [0.2, 0.25) is 0 Å². The van der Waals surface area contributed by atoms with Crippen molar-refractivity contribution in [2.45, 2.75) is 26.3 Å². The van der Waals surface area contributed by atoms with Crippen molar-refractivity contribution in [3.8, 4) is 11.5 Å². The van der Waals surface area contributed by atoms with Gasteiger partial charge in [-0.1, -0.05) is 19.9 Å². The number of hydrogen-bond acceptors (Lipinski definition) is 4. The summed E-state index contributed by atoms with van der Waals surface area (Å²) in [4.78, 5) is 12.0. The molecule has 1 amide bonds. The van der Waals surface area contributed by atoms with E-state index in [2.05, 4.69) is 5.32 Å². The van der Waals surface area contributed by atoms with Crippen LogP contribution in [0.15, 0.2) is 18.2 Å². The molecular formula is C13H20N2O3. The maximum atomic E-state index is 12.0. The van der Waals surface area contributed by atoms with Crippen LogP contribution in [0.25, 0.3) is 0 Å². The molecule has 0 bridgehead atoms. The third-order valence-electron chi connectivity index (χ3n) is 2.85. The highest BCUT2D eigenvalue weighted by Crippen LogP contribution is 2.26. The molecule has 0 saturated carbocycles. The number of nitrogens with one attached hydrogen (secondary N) is 1. The molecule has 5 nitrogen and oxygen atoms in total. The molecule has 0 aliphatic rings. The summed E-state index contributed by atoms with van der Waals surface area (Å²) in [7, 11) is 0. The predicted molar refractivity (Wildman–Crippen MR) is 69.5 cm³/mol. The van der Waals surface area contributed by atoms with Crippen molar-refractivity contribution < 1.29 is 15.0 Å². The molecule has 5 N–H and O–H groups in total. The molecule has 1 atom stereocenters. The molecule has 1 aromatic rings. The van der Waals surface area contributed by atoms with Gasteiger partial charge in [-0.3, -0.25) is 4.79 Å². The standard InChI is InChI=1S/C13H20N2O3/c1-8(2)9(6-7-14)15-13(18)12-10(16)4-3-5-11(12)17/h3-5,8-9,16-17H,6-7,14H2,1-2H3,(H,15,18). The van der Waals surface area contributed by atoms with Crippen molar-refractivity contribution in [3.05, 3.63) is 23.8 Å². The van der Waals surface area contributed by atoms with E-state index in [9.17, 15) is 15.0 Å². The average molecular weight is 252 g/mol. The van der Waals surface area contributed by atoms with Crippen molar-refractivity contribution in [3.63, 3.8) is 0 Å². The fraction of sp³-hybridized carbons (Fsp3) is 0.462. The molecule has 0 aliphatic heterocycles. The Morgan fingerprint density at radius 3 is 2.33 bits per heavy atom. The van der Waals surface area contributed by atoms with Crippen LogP contribution in [0, 0.1) is 5.92 Å². The molecular weight excluding hydrogens is 232 g/mol. The zero-order valence-corrected chi connectivity index (χ0v) is 10.7. The molecule has 0 radical (unpaired) electrons. The van der Waals surface area contributed by atoms with E-state index in [4.69, 9.17) is 5.73 Å². The second-order valence-corrected chi connectivity index (χ2v) is 4.57. The first-order chi connectivity index (χ1) is 8.47. The van der Waals surface area contributed by atoms with Crippen molar-refractivity contribution in [2.24, 2.45) is 11.7 Å². The van der Waals surface area contributed by atoms with Gasteiger partial charge in [0, 0.05) is 6.04 Å². The first kappa shape index (κ1) is 14.3. The van der Waals surface area contributed by atoms with Crippen LogP contribution in [0.2, 0.25) is 0 Å². The molecule has 18 heavy (non-hydrogen) atoms. The molecule has 0 aromatic heterocycles. The van der Waals surface area contributed by atoms with Gasteiger partial charge in [-0.25, -0.2) is 0 Å². The molecule has 1 unspecified atom stereocenters. The Kier molecular flexibility index (Phi) is 4.97. The number of carbonyl (C=O) groups is 1. The normalized spacial score (nSPS) is 12.4. The number of hydrogen-bond donors (Lipinski definition) is 4. The summed E-state index contributed by atoms with van der Waals surface area (Å²) in [6, 6.07) is 4.12. The van der Waals surface area contributed by atoms with Crippen LogP contribution in [0.3, 0.4) is 0 Å². The van der Waals surface area contributed by atoms with E-state index in [0.29, 0.717) is 13.0 Å². The third kappa shape index (κ3) is 3.37. The van der Waals surface area contributed by atoms with E-state index in [1.807, 2.05) is 13.8 Å². The molecule has 0 saturated heterocycles. The highest BCUT2D eigenvalue weighted by molar-refractivity contribution is 5.99. The first-order valence-corrected chi connectivity index (χ1v) is 5.99. The summed E-state index contributed by atoms with van der Waals surface area (Å²) in [5.74, 6) is -0.728. The molecule has 100 valence electrons. The number of phenolic OH excluding ortho intramolecular Hbond substituents is 2. The van der Waals surface area contributed by atoms with E-state index in [0.717, 1.165) is 0 Å². The Labute approximate surface area is 107 Å². The van der Waals surface area contributed by atoms with Crippen molar-refractivity contribution in [1.82, 2.24) is 5.32 Å². The zero-order chi connectivity index (χ0) is 13.7. The first-order valence-electron chi connectivity index (χ1n) is 5.99. The summed E-state index contributed by atoms with van der Waals surface area (Å²) in [5.41, 5.74) is 5.39. The zero-order valence-electron chi connectivity index (χ0n) is 10.7. The van der Waals surface area contributed by atoms with Gasteiger partial charge in [-0.2, -0.15) is 0 Å². The lowest BCUT2D eigenvalue weighted by Crippen LogP contribution is -2.39. The summed E-state index contributed by atoms with van der Waals surface area (Å²) < 4.78 is 0. The molecule has 1 rings (SSSR count). The topological polar surface area (TPSA) is 95.6 Å². The van der Waals surface area contributed by atoms with Gasteiger partial charge >= 0.3 is 0 Å². The molecule has 0 aliphatic carbocycles. The summed E-state index contributed by atoms with van der Waals surface area (Å²) in [5, 5.41) is 22.0. The van der Waals surface area contributed by atoms with Crippen molar-refractivity contribution >= 4 is 5.91 Å². The van der Waals surface area contributed by atoms with Crippen LogP contribution >= 0.6 is 0 Å². The SMILES string of the molecule is CC(C)C(CCN)NC(=O)c1c(O)cccc1O. The van der Waals surface area contributed by atoms with Crippen LogP contribution in [-0.2, 0) is 0 Å². The van der Waals surface area contributed by atoms with Gasteiger partial charge in [0.15, 0.2) is 0 Å². The summed E-state index contributed by atoms with van der Waals surface area (Å²) in [6.07, 6.45) is 0.651. The second kappa shape index (κ2) is 6.26. The maximum absolute atomic E-state index is 12.0. The number of nitrogens with two attached hydrogens (primary N) is 1. The van der Waals surface area contributed by atoms with E-state index in [1.54, 1.807) is 0 Å². The number of aromatic hydroxyl groups is 2. The molecule has 5 heteroatoms. The highest BCUT2D eigenvalue weighted by Gasteiger charge is 2.20. The Balaban J connectivity index is 2.87. The number of rotatable bonds is 5.